The molecule has 0 aliphatic rings. The van der Waals surface area contributed by atoms with E-state index in [-0.39, 0.29) is 6.15 Å². The molecular weight excluding hydrogens is 220 g/mol. The van der Waals surface area contributed by atoms with E-state index in [0.717, 1.165) is 22.3 Å². The van der Waals surface area contributed by atoms with Crippen molar-refractivity contribution < 1.29 is 14.3 Å². The quantitative estimate of drug-likeness (QED) is 0.806. The van der Waals surface area contributed by atoms with Crippen molar-refractivity contribution in [2.75, 3.05) is 12.8 Å². The first-order valence-corrected chi connectivity index (χ1v) is 4.83. The van der Waals surface area contributed by atoms with Crippen molar-refractivity contribution >= 4 is 22.7 Å². The van der Waals surface area contributed by atoms with Gasteiger partial charge in [-0.25, -0.2) is 0 Å². The summed E-state index contributed by atoms with van der Waals surface area (Å²) in [5.41, 5.74) is 8.42. The van der Waals surface area contributed by atoms with Crippen LogP contribution >= 0.6 is 0 Å². The van der Waals surface area contributed by atoms with Gasteiger partial charge in [0.15, 0.2) is 0 Å². The average molecular weight is 232 g/mol. The van der Waals surface area contributed by atoms with Crippen LogP contribution in [-0.4, -0.2) is 18.2 Å². The number of benzene rings is 1. The monoisotopic (exact) mass is 232 g/mol. The molecule has 0 aliphatic heterocycles. The molecule has 0 saturated carbocycles. The van der Waals surface area contributed by atoms with Gasteiger partial charge in [0.25, 0.3) is 0 Å². The van der Waals surface area contributed by atoms with Gasteiger partial charge in [-0.1, -0.05) is 6.07 Å². The van der Waals surface area contributed by atoms with Gasteiger partial charge in [-0.15, -0.1) is 0 Å². The van der Waals surface area contributed by atoms with Crippen LogP contribution in [0.5, 0.6) is 5.75 Å². The Labute approximate surface area is 98.2 Å². The van der Waals surface area contributed by atoms with E-state index in [1.54, 1.807) is 7.11 Å². The van der Waals surface area contributed by atoms with Crippen LogP contribution in [0, 0.1) is 6.92 Å². The molecule has 1 aromatic heterocycles. The molecule has 88 valence electrons. The highest BCUT2D eigenvalue weighted by atomic mass is 16.5. The predicted molar refractivity (Wildman–Crippen MR) is 62.5 cm³/mol. The van der Waals surface area contributed by atoms with Crippen molar-refractivity contribution in [1.82, 2.24) is 4.98 Å². The van der Waals surface area contributed by atoms with Crippen LogP contribution in [0.3, 0.4) is 0 Å². The molecule has 0 fully saturated rings. The van der Waals surface area contributed by atoms with Crippen LogP contribution in [0.25, 0.3) is 10.9 Å². The SMILES string of the molecule is COc1cccc2nc(C)cc(N)c12.O=C=O. The largest absolute Gasteiger partial charge is 0.496 e. The number of aromatic nitrogens is 1. The summed E-state index contributed by atoms with van der Waals surface area (Å²) in [5.74, 6) is 0.771. The molecule has 2 rings (SSSR count). The van der Waals surface area contributed by atoms with Gasteiger partial charge in [-0.3, -0.25) is 4.98 Å². The maximum Gasteiger partial charge on any atom is 0.373 e. The van der Waals surface area contributed by atoms with Crippen molar-refractivity contribution in [2.24, 2.45) is 0 Å². The van der Waals surface area contributed by atoms with E-state index in [4.69, 9.17) is 20.1 Å². The van der Waals surface area contributed by atoms with E-state index in [2.05, 4.69) is 4.98 Å². The van der Waals surface area contributed by atoms with Gasteiger partial charge in [-0.05, 0) is 25.1 Å². The first-order chi connectivity index (χ1) is 8.13. The number of aryl methyl sites for hydroxylation is 1. The number of hydrogen-bond donors (Lipinski definition) is 1. The Morgan fingerprint density at radius 3 is 2.59 bits per heavy atom. The Bertz CT molecular complexity index is 561. The minimum atomic E-state index is 0.250. The lowest BCUT2D eigenvalue weighted by atomic mass is 10.1. The number of nitrogens with two attached hydrogens (primary N) is 1. The molecule has 0 atom stereocenters. The third-order valence-corrected chi connectivity index (χ3v) is 2.17. The van der Waals surface area contributed by atoms with Crippen molar-refractivity contribution in [3.05, 3.63) is 30.0 Å². The minimum absolute atomic E-state index is 0.250. The van der Waals surface area contributed by atoms with E-state index >= 15 is 0 Å². The van der Waals surface area contributed by atoms with Crippen LogP contribution in [0.2, 0.25) is 0 Å². The zero-order chi connectivity index (χ0) is 12.8. The van der Waals surface area contributed by atoms with E-state index in [1.165, 1.54) is 0 Å². The van der Waals surface area contributed by atoms with Crippen LogP contribution < -0.4 is 10.5 Å². The molecule has 1 aromatic carbocycles. The zero-order valence-corrected chi connectivity index (χ0v) is 9.56. The third kappa shape index (κ3) is 2.80. The van der Waals surface area contributed by atoms with Crippen molar-refractivity contribution in [2.45, 2.75) is 6.92 Å². The molecule has 17 heavy (non-hydrogen) atoms. The van der Waals surface area contributed by atoms with Crippen molar-refractivity contribution in [1.29, 1.82) is 0 Å². The topological polar surface area (TPSA) is 82.3 Å². The van der Waals surface area contributed by atoms with Gasteiger partial charge in [0.2, 0.25) is 0 Å². The Morgan fingerprint density at radius 2 is 2.00 bits per heavy atom. The highest BCUT2D eigenvalue weighted by Crippen LogP contribution is 2.29. The van der Waals surface area contributed by atoms with Crippen LogP contribution in [0.1, 0.15) is 5.69 Å². The molecule has 0 aliphatic carbocycles. The summed E-state index contributed by atoms with van der Waals surface area (Å²) in [5, 5.41) is 0.889. The molecule has 0 radical (unpaired) electrons. The molecule has 0 unspecified atom stereocenters. The molecule has 0 amide bonds. The Balaban J connectivity index is 0.000000437. The van der Waals surface area contributed by atoms with E-state index in [1.807, 2.05) is 31.2 Å². The highest BCUT2D eigenvalue weighted by Gasteiger charge is 2.05. The maximum absolute atomic E-state index is 8.12. The second-order valence-corrected chi connectivity index (χ2v) is 3.29. The zero-order valence-electron chi connectivity index (χ0n) is 9.56. The summed E-state index contributed by atoms with van der Waals surface area (Å²) in [4.78, 5) is 20.6. The number of pyridine rings is 1. The number of fused-ring (bicyclic) bond motifs is 1. The fourth-order valence-corrected chi connectivity index (χ4v) is 1.59. The molecule has 2 N–H and O–H groups in total. The van der Waals surface area contributed by atoms with Gasteiger partial charge in [0.05, 0.1) is 18.0 Å². The summed E-state index contributed by atoms with van der Waals surface area (Å²) in [6.07, 6.45) is 0.250. The first kappa shape index (κ1) is 12.7. The van der Waals surface area contributed by atoms with Crippen LogP contribution in [0.15, 0.2) is 24.3 Å². The Hall–Kier alpha value is -2.39. The maximum atomic E-state index is 8.12. The summed E-state index contributed by atoms with van der Waals surface area (Å²) in [6, 6.07) is 7.58. The number of nitrogens with zero attached hydrogens (tertiary/aromatic N) is 1. The fraction of sp³-hybridized carbons (Fsp3) is 0.167. The summed E-state index contributed by atoms with van der Waals surface area (Å²) < 4.78 is 5.23. The van der Waals surface area contributed by atoms with E-state index < -0.39 is 0 Å². The Kier molecular flexibility index (Phi) is 4.20. The van der Waals surface area contributed by atoms with Crippen molar-refractivity contribution in [3.63, 3.8) is 0 Å². The number of carbonyl (C=O) groups excluding carboxylic acids is 2. The molecule has 0 spiro atoms. The third-order valence-electron chi connectivity index (χ3n) is 2.17. The number of hydrogen-bond acceptors (Lipinski definition) is 5. The number of anilines is 1. The molecule has 5 heteroatoms. The lowest BCUT2D eigenvalue weighted by Crippen LogP contribution is -1.94. The molecule has 2 aromatic rings. The van der Waals surface area contributed by atoms with Crippen LogP contribution in [0.4, 0.5) is 5.69 Å². The number of nitrogen functional groups attached to an aromatic ring is 1. The second kappa shape index (κ2) is 5.63. The second-order valence-electron chi connectivity index (χ2n) is 3.29. The van der Waals surface area contributed by atoms with Gasteiger partial charge < -0.3 is 10.5 Å². The van der Waals surface area contributed by atoms with Gasteiger partial charge in [-0.2, -0.15) is 9.59 Å². The molecule has 0 bridgehead atoms. The van der Waals surface area contributed by atoms with E-state index in [0.29, 0.717) is 5.69 Å². The van der Waals surface area contributed by atoms with Crippen LogP contribution in [-0.2, 0) is 9.59 Å². The fourth-order valence-electron chi connectivity index (χ4n) is 1.59. The van der Waals surface area contributed by atoms with E-state index in [9.17, 15) is 0 Å². The lowest BCUT2D eigenvalue weighted by Gasteiger charge is -2.07. The molecule has 0 saturated heterocycles. The lowest BCUT2D eigenvalue weighted by molar-refractivity contribution is -0.191. The molecule has 1 heterocycles. The number of rotatable bonds is 1. The minimum Gasteiger partial charge on any atom is -0.496 e. The Morgan fingerprint density at radius 1 is 1.35 bits per heavy atom. The van der Waals surface area contributed by atoms with Crippen molar-refractivity contribution in [3.8, 4) is 5.75 Å². The first-order valence-electron chi connectivity index (χ1n) is 4.83. The molecular formula is C12H12N2O3. The highest BCUT2D eigenvalue weighted by molar-refractivity contribution is 5.95. The number of methoxy groups -OCH3 is 1. The summed E-state index contributed by atoms with van der Waals surface area (Å²) >= 11 is 0. The summed E-state index contributed by atoms with van der Waals surface area (Å²) in [6.45, 7) is 1.93. The average Bonchev–Trinajstić information content (AvgIpc) is 2.28. The molecule has 5 nitrogen and oxygen atoms in total. The normalized spacial score (nSPS) is 9.06. The van der Waals surface area contributed by atoms with Gasteiger partial charge >= 0.3 is 6.15 Å². The number of ether oxygens (including phenoxy) is 1. The smallest absolute Gasteiger partial charge is 0.373 e. The van der Waals surface area contributed by atoms with Gasteiger partial charge in [0, 0.05) is 11.4 Å². The standard InChI is InChI=1S/C11H12N2O.CO2/c1-7-6-8(12)11-9(13-7)4-3-5-10(11)14-2;2-1-3/h3-6H,1-2H3,(H2,12,13);. The predicted octanol–water partition coefficient (Wildman–Crippen LogP) is 1.55. The van der Waals surface area contributed by atoms with Gasteiger partial charge in [0.1, 0.15) is 5.75 Å². The summed E-state index contributed by atoms with van der Waals surface area (Å²) in [7, 11) is 1.63.